The number of carbonyl (C=O) groups is 2. The number of aryl methyl sites for hydroxylation is 2. The molecule has 3 rings (SSSR count). The molecule has 2 atom stereocenters. The number of carbonyl (C=O) groups excluding carboxylic acids is 2. The molecule has 2 aromatic rings. The fourth-order valence-corrected chi connectivity index (χ4v) is 3.62. The number of nitrogens with zero attached hydrogens (tertiary/aromatic N) is 1. The quantitative estimate of drug-likeness (QED) is 0.651. The summed E-state index contributed by atoms with van der Waals surface area (Å²) in [5.74, 6) is 0.955. The van der Waals surface area contributed by atoms with E-state index < -0.39 is 17.7 Å². The van der Waals surface area contributed by atoms with Crippen molar-refractivity contribution in [3.05, 3.63) is 59.2 Å². The molecule has 1 heterocycles. The minimum atomic E-state index is -1.16. The summed E-state index contributed by atoms with van der Waals surface area (Å²) in [6, 6.07) is 12.3. The molecule has 2 N–H and O–H groups in total. The maximum Gasteiger partial charge on any atom is 0.325 e. The first-order valence-corrected chi connectivity index (χ1v) is 9.97. The van der Waals surface area contributed by atoms with Crippen LogP contribution in [0.4, 0.5) is 4.79 Å². The zero-order valence-corrected chi connectivity index (χ0v) is 17.8. The largest absolute Gasteiger partial charge is 0.497 e. The van der Waals surface area contributed by atoms with Crippen molar-refractivity contribution >= 4 is 11.9 Å². The Morgan fingerprint density at radius 3 is 2.47 bits per heavy atom. The Labute approximate surface area is 176 Å². The molecule has 7 nitrogen and oxygen atoms in total. The number of aliphatic hydroxyl groups excluding tert-OH is 1. The van der Waals surface area contributed by atoms with Crippen molar-refractivity contribution in [1.82, 2.24) is 10.2 Å². The molecule has 0 spiro atoms. The number of imide groups is 1. The minimum absolute atomic E-state index is 0.0248. The first-order chi connectivity index (χ1) is 14.3. The molecule has 1 aliphatic rings. The maximum absolute atomic E-state index is 13.2. The molecule has 1 fully saturated rings. The molecule has 0 saturated carbocycles. The van der Waals surface area contributed by atoms with E-state index in [2.05, 4.69) is 5.32 Å². The zero-order chi connectivity index (χ0) is 21.9. The lowest BCUT2D eigenvalue weighted by Gasteiger charge is -2.26. The van der Waals surface area contributed by atoms with Gasteiger partial charge in [-0.1, -0.05) is 31.2 Å². The highest BCUT2D eigenvalue weighted by atomic mass is 16.5. The molecule has 7 heteroatoms. The average Bonchev–Trinajstić information content (AvgIpc) is 2.99. The van der Waals surface area contributed by atoms with Crippen LogP contribution in [0.1, 0.15) is 30.0 Å². The lowest BCUT2D eigenvalue weighted by atomic mass is 9.87. The number of rotatable bonds is 8. The number of amides is 3. The van der Waals surface area contributed by atoms with Gasteiger partial charge in [0.15, 0.2) is 0 Å². The highest BCUT2D eigenvalue weighted by molar-refractivity contribution is 6.07. The second kappa shape index (κ2) is 8.75. The Morgan fingerprint density at radius 2 is 1.83 bits per heavy atom. The Hall–Kier alpha value is -3.06. The highest BCUT2D eigenvalue weighted by Gasteiger charge is 2.51. The van der Waals surface area contributed by atoms with Gasteiger partial charge in [-0.2, -0.15) is 0 Å². The Bertz CT molecular complexity index is 928. The van der Waals surface area contributed by atoms with Gasteiger partial charge >= 0.3 is 6.03 Å². The fraction of sp³-hybridized carbons (Fsp3) is 0.391. The number of hydrogen-bond donors (Lipinski definition) is 2. The topological polar surface area (TPSA) is 88.1 Å². The number of methoxy groups -OCH3 is 1. The molecule has 0 aliphatic carbocycles. The first-order valence-electron chi connectivity index (χ1n) is 9.97. The minimum Gasteiger partial charge on any atom is -0.497 e. The van der Waals surface area contributed by atoms with E-state index in [-0.39, 0.29) is 19.1 Å². The Kier molecular flexibility index (Phi) is 6.31. The van der Waals surface area contributed by atoms with Crippen molar-refractivity contribution in [2.24, 2.45) is 0 Å². The van der Waals surface area contributed by atoms with Gasteiger partial charge in [-0.05, 0) is 55.2 Å². The van der Waals surface area contributed by atoms with Crippen LogP contribution >= 0.6 is 0 Å². The number of β-amino-alcohol motifs (C(OH)–C–C–N with tert-alkyl or cyclic N) is 1. The summed E-state index contributed by atoms with van der Waals surface area (Å²) in [5.41, 5.74) is 1.52. The average molecular weight is 412 g/mol. The summed E-state index contributed by atoms with van der Waals surface area (Å²) in [5, 5.41) is 13.2. The third-order valence-electron chi connectivity index (χ3n) is 5.46. The van der Waals surface area contributed by atoms with Gasteiger partial charge in [0.2, 0.25) is 0 Å². The van der Waals surface area contributed by atoms with Crippen LogP contribution < -0.4 is 14.8 Å². The number of ether oxygens (including phenoxy) is 2. The van der Waals surface area contributed by atoms with Crippen LogP contribution in [0.2, 0.25) is 0 Å². The third kappa shape index (κ3) is 4.11. The molecule has 1 aliphatic heterocycles. The molecular formula is C23H28N2O5. The van der Waals surface area contributed by atoms with Crippen LogP contribution in [0.25, 0.3) is 0 Å². The molecule has 0 aromatic heterocycles. The van der Waals surface area contributed by atoms with Gasteiger partial charge in [-0.15, -0.1) is 0 Å². The molecular weight excluding hydrogens is 384 g/mol. The number of hydrogen-bond acceptors (Lipinski definition) is 5. The first kappa shape index (κ1) is 21.6. The van der Waals surface area contributed by atoms with E-state index in [9.17, 15) is 14.7 Å². The van der Waals surface area contributed by atoms with Crippen LogP contribution in [-0.2, 0) is 10.3 Å². The van der Waals surface area contributed by atoms with E-state index >= 15 is 0 Å². The van der Waals surface area contributed by atoms with E-state index in [0.717, 1.165) is 16.0 Å². The van der Waals surface area contributed by atoms with Crippen molar-refractivity contribution in [1.29, 1.82) is 0 Å². The molecule has 2 aromatic carbocycles. The van der Waals surface area contributed by atoms with E-state index in [1.54, 1.807) is 31.4 Å². The summed E-state index contributed by atoms with van der Waals surface area (Å²) < 4.78 is 10.9. The van der Waals surface area contributed by atoms with Crippen molar-refractivity contribution in [3.8, 4) is 11.5 Å². The molecule has 0 bridgehead atoms. The summed E-state index contributed by atoms with van der Waals surface area (Å²) >= 11 is 0. The van der Waals surface area contributed by atoms with E-state index in [0.29, 0.717) is 23.5 Å². The van der Waals surface area contributed by atoms with E-state index in [1.165, 1.54) is 0 Å². The fourth-order valence-electron chi connectivity index (χ4n) is 3.62. The summed E-state index contributed by atoms with van der Waals surface area (Å²) in [7, 11) is 1.57. The predicted molar refractivity (Wildman–Crippen MR) is 113 cm³/mol. The van der Waals surface area contributed by atoms with Crippen LogP contribution in [-0.4, -0.2) is 48.3 Å². The highest BCUT2D eigenvalue weighted by Crippen LogP contribution is 2.33. The SMILES string of the molecule is CCC1(c2ccc(OC)cc2)NC(=O)N(CC(O)COc2cc(C)ccc2C)C1=O. The van der Waals surface area contributed by atoms with Crippen molar-refractivity contribution in [2.75, 3.05) is 20.3 Å². The van der Waals surface area contributed by atoms with Gasteiger partial charge in [-0.25, -0.2) is 4.79 Å². The second-order valence-electron chi connectivity index (χ2n) is 7.57. The maximum atomic E-state index is 13.2. The van der Waals surface area contributed by atoms with Crippen molar-refractivity contribution in [3.63, 3.8) is 0 Å². The number of urea groups is 1. The van der Waals surface area contributed by atoms with Gasteiger partial charge in [0.05, 0.1) is 13.7 Å². The monoisotopic (exact) mass is 412 g/mol. The van der Waals surface area contributed by atoms with Crippen LogP contribution in [0, 0.1) is 13.8 Å². The summed E-state index contributed by atoms with van der Waals surface area (Å²) in [4.78, 5) is 26.8. The van der Waals surface area contributed by atoms with E-state index in [4.69, 9.17) is 9.47 Å². The molecule has 2 unspecified atom stereocenters. The number of nitrogens with one attached hydrogen (secondary N) is 1. The lowest BCUT2D eigenvalue weighted by molar-refractivity contribution is -0.132. The van der Waals surface area contributed by atoms with Gasteiger partial charge in [0, 0.05) is 0 Å². The van der Waals surface area contributed by atoms with Gasteiger partial charge in [0.25, 0.3) is 5.91 Å². The van der Waals surface area contributed by atoms with Crippen LogP contribution in [0.5, 0.6) is 11.5 Å². The molecule has 3 amide bonds. The van der Waals surface area contributed by atoms with Gasteiger partial charge in [-0.3, -0.25) is 9.69 Å². The molecule has 0 radical (unpaired) electrons. The van der Waals surface area contributed by atoms with Gasteiger partial charge in [0.1, 0.15) is 29.7 Å². The normalized spacial score (nSPS) is 19.6. The van der Waals surface area contributed by atoms with Crippen molar-refractivity contribution in [2.45, 2.75) is 38.8 Å². The van der Waals surface area contributed by atoms with E-state index in [1.807, 2.05) is 39.0 Å². The lowest BCUT2D eigenvalue weighted by Crippen LogP contribution is -2.44. The third-order valence-corrected chi connectivity index (χ3v) is 5.46. The summed E-state index contributed by atoms with van der Waals surface area (Å²) in [6.45, 7) is 5.55. The van der Waals surface area contributed by atoms with Crippen molar-refractivity contribution < 1.29 is 24.2 Å². The Morgan fingerprint density at radius 1 is 1.13 bits per heavy atom. The smallest absolute Gasteiger partial charge is 0.325 e. The summed E-state index contributed by atoms with van der Waals surface area (Å²) in [6.07, 6.45) is -0.627. The molecule has 160 valence electrons. The zero-order valence-electron chi connectivity index (χ0n) is 17.8. The van der Waals surface area contributed by atoms with Crippen LogP contribution in [0.15, 0.2) is 42.5 Å². The number of benzene rings is 2. The Balaban J connectivity index is 1.71. The van der Waals surface area contributed by atoms with Crippen LogP contribution in [0.3, 0.4) is 0 Å². The standard InChI is InChI=1S/C23H28N2O5/c1-5-23(17-8-10-19(29-4)11-9-17)21(27)25(22(28)24-23)13-18(26)14-30-20-12-15(2)6-7-16(20)3/h6-12,18,26H,5,13-14H2,1-4H3,(H,24,28). The van der Waals surface area contributed by atoms with Gasteiger partial charge < -0.3 is 19.9 Å². The molecule has 1 saturated heterocycles. The second-order valence-corrected chi connectivity index (χ2v) is 7.57. The molecule has 30 heavy (non-hydrogen) atoms. The number of aliphatic hydroxyl groups is 1. The predicted octanol–water partition coefficient (Wildman–Crippen LogP) is 2.91.